The molecule has 5 heteroatoms. The minimum absolute atomic E-state index is 0.176. The number of pyridine rings is 1. The first-order valence-corrected chi connectivity index (χ1v) is 6.50. The SMILES string of the molecule is CC(C)(NCc1ccnc(C#N)c1)c1nccs1. The van der Waals surface area contributed by atoms with Crippen LogP contribution in [0.15, 0.2) is 29.9 Å². The highest BCUT2D eigenvalue weighted by Gasteiger charge is 2.22. The van der Waals surface area contributed by atoms with Gasteiger partial charge < -0.3 is 5.32 Å². The first-order chi connectivity index (χ1) is 8.62. The van der Waals surface area contributed by atoms with Gasteiger partial charge >= 0.3 is 0 Å². The molecule has 92 valence electrons. The maximum Gasteiger partial charge on any atom is 0.140 e. The average molecular weight is 258 g/mol. The molecule has 0 aliphatic rings. The molecule has 4 nitrogen and oxygen atoms in total. The van der Waals surface area contributed by atoms with Crippen molar-refractivity contribution in [2.75, 3.05) is 0 Å². The first kappa shape index (κ1) is 12.7. The standard InChI is InChI=1S/C13H14N4S/c1-13(2,12-16-5-6-18-12)17-9-10-3-4-15-11(7-10)8-14/h3-7,17H,9H2,1-2H3. The number of hydrogen-bond acceptors (Lipinski definition) is 5. The fourth-order valence-corrected chi connectivity index (χ4v) is 2.32. The second-order valence-corrected chi connectivity index (χ2v) is 5.37. The van der Waals surface area contributed by atoms with Crippen molar-refractivity contribution < 1.29 is 0 Å². The van der Waals surface area contributed by atoms with Gasteiger partial charge in [-0.25, -0.2) is 9.97 Å². The van der Waals surface area contributed by atoms with Crippen molar-refractivity contribution in [1.82, 2.24) is 15.3 Å². The monoisotopic (exact) mass is 258 g/mol. The van der Waals surface area contributed by atoms with Crippen molar-refractivity contribution in [3.8, 4) is 6.07 Å². The van der Waals surface area contributed by atoms with Gasteiger partial charge in [0.25, 0.3) is 0 Å². The van der Waals surface area contributed by atoms with Crippen molar-refractivity contribution >= 4 is 11.3 Å². The van der Waals surface area contributed by atoms with Crippen LogP contribution in [0.2, 0.25) is 0 Å². The predicted octanol–water partition coefficient (Wildman–Crippen LogP) is 2.43. The Hall–Kier alpha value is -1.77. The Kier molecular flexibility index (Phi) is 3.70. The molecule has 2 heterocycles. The Morgan fingerprint density at radius 3 is 2.89 bits per heavy atom. The van der Waals surface area contributed by atoms with E-state index in [9.17, 15) is 0 Å². The summed E-state index contributed by atoms with van der Waals surface area (Å²) in [6.45, 7) is 4.88. The van der Waals surface area contributed by atoms with Crippen LogP contribution in [0.25, 0.3) is 0 Å². The molecule has 0 bridgehead atoms. The van der Waals surface area contributed by atoms with E-state index in [1.54, 1.807) is 23.6 Å². The van der Waals surface area contributed by atoms with Gasteiger partial charge in [0.15, 0.2) is 0 Å². The zero-order valence-corrected chi connectivity index (χ0v) is 11.2. The number of thiazole rings is 1. The summed E-state index contributed by atoms with van der Waals surface area (Å²) in [5, 5.41) is 15.3. The molecule has 2 aromatic heterocycles. The predicted molar refractivity (Wildman–Crippen MR) is 70.9 cm³/mol. The molecule has 0 atom stereocenters. The molecule has 0 radical (unpaired) electrons. The molecule has 2 aromatic rings. The van der Waals surface area contributed by atoms with Crippen molar-refractivity contribution in [3.05, 3.63) is 46.2 Å². The number of nitrogens with zero attached hydrogens (tertiary/aromatic N) is 3. The van der Waals surface area contributed by atoms with E-state index >= 15 is 0 Å². The van der Waals surface area contributed by atoms with Crippen molar-refractivity contribution in [3.63, 3.8) is 0 Å². The summed E-state index contributed by atoms with van der Waals surface area (Å²) in [5.74, 6) is 0. The minimum atomic E-state index is -0.176. The third kappa shape index (κ3) is 2.92. The molecule has 0 saturated carbocycles. The summed E-state index contributed by atoms with van der Waals surface area (Å²) < 4.78 is 0. The molecule has 0 fully saturated rings. The maximum atomic E-state index is 8.80. The van der Waals surface area contributed by atoms with Crippen LogP contribution in [0.4, 0.5) is 0 Å². The van der Waals surface area contributed by atoms with Crippen LogP contribution in [0, 0.1) is 11.3 Å². The molecule has 2 rings (SSSR count). The van der Waals surface area contributed by atoms with Gasteiger partial charge in [-0.1, -0.05) is 0 Å². The van der Waals surface area contributed by atoms with Crippen LogP contribution in [-0.4, -0.2) is 9.97 Å². The quantitative estimate of drug-likeness (QED) is 0.915. The van der Waals surface area contributed by atoms with Gasteiger partial charge in [-0.2, -0.15) is 5.26 Å². The molecule has 0 spiro atoms. The van der Waals surface area contributed by atoms with Gasteiger partial charge in [-0.05, 0) is 31.5 Å². The van der Waals surface area contributed by atoms with E-state index in [1.165, 1.54) is 0 Å². The fraction of sp³-hybridized carbons (Fsp3) is 0.308. The molecular formula is C13H14N4S. The number of aromatic nitrogens is 2. The Morgan fingerprint density at radius 1 is 1.39 bits per heavy atom. The Bertz CT molecular complexity index is 555. The lowest BCUT2D eigenvalue weighted by atomic mass is 10.1. The summed E-state index contributed by atoms with van der Waals surface area (Å²) in [5.41, 5.74) is 1.32. The second kappa shape index (κ2) is 5.25. The molecule has 1 N–H and O–H groups in total. The molecule has 0 aromatic carbocycles. The number of hydrogen-bond donors (Lipinski definition) is 1. The summed E-state index contributed by atoms with van der Waals surface area (Å²) in [7, 11) is 0. The molecular weight excluding hydrogens is 244 g/mol. The lowest BCUT2D eigenvalue weighted by molar-refractivity contribution is 0.399. The zero-order valence-electron chi connectivity index (χ0n) is 10.3. The largest absolute Gasteiger partial charge is 0.302 e. The third-order valence-corrected chi connectivity index (χ3v) is 3.74. The maximum absolute atomic E-state index is 8.80. The molecule has 0 aliphatic heterocycles. The number of nitrogens with one attached hydrogen (secondary N) is 1. The summed E-state index contributed by atoms with van der Waals surface area (Å²) in [6, 6.07) is 5.75. The molecule has 0 amide bonds. The normalized spacial score (nSPS) is 11.2. The summed E-state index contributed by atoms with van der Waals surface area (Å²) in [4.78, 5) is 8.28. The van der Waals surface area contributed by atoms with Gasteiger partial charge in [0.1, 0.15) is 16.8 Å². The van der Waals surface area contributed by atoms with Gasteiger partial charge in [-0.15, -0.1) is 11.3 Å². The lowest BCUT2D eigenvalue weighted by Gasteiger charge is -2.23. The van der Waals surface area contributed by atoms with Crippen LogP contribution >= 0.6 is 11.3 Å². The van der Waals surface area contributed by atoms with Crippen LogP contribution in [0.1, 0.15) is 30.1 Å². The van der Waals surface area contributed by atoms with Crippen LogP contribution < -0.4 is 5.32 Å². The van der Waals surface area contributed by atoms with Crippen molar-refractivity contribution in [2.24, 2.45) is 0 Å². The van der Waals surface area contributed by atoms with E-state index < -0.39 is 0 Å². The number of nitriles is 1. The summed E-state index contributed by atoms with van der Waals surface area (Å²) in [6.07, 6.45) is 3.47. The van der Waals surface area contributed by atoms with Gasteiger partial charge in [0.2, 0.25) is 0 Å². The zero-order chi connectivity index (χ0) is 13.0. The fourth-order valence-electron chi connectivity index (χ4n) is 1.58. The van der Waals surface area contributed by atoms with E-state index in [0.717, 1.165) is 10.6 Å². The van der Waals surface area contributed by atoms with Gasteiger partial charge in [-0.3, -0.25) is 0 Å². The number of rotatable bonds is 4. The minimum Gasteiger partial charge on any atom is -0.302 e. The Labute approximate surface area is 110 Å². The average Bonchev–Trinajstić information content (AvgIpc) is 2.91. The summed E-state index contributed by atoms with van der Waals surface area (Å²) >= 11 is 1.63. The van der Waals surface area contributed by atoms with Gasteiger partial charge in [0, 0.05) is 24.3 Å². The van der Waals surface area contributed by atoms with Crippen LogP contribution in [-0.2, 0) is 12.1 Å². The Balaban J connectivity index is 2.05. The highest BCUT2D eigenvalue weighted by Crippen LogP contribution is 2.22. The van der Waals surface area contributed by atoms with Gasteiger partial charge in [0.05, 0.1) is 5.54 Å². The van der Waals surface area contributed by atoms with E-state index in [0.29, 0.717) is 12.2 Å². The Morgan fingerprint density at radius 2 is 2.22 bits per heavy atom. The second-order valence-electron chi connectivity index (χ2n) is 4.48. The highest BCUT2D eigenvalue weighted by atomic mass is 32.1. The van der Waals surface area contributed by atoms with Crippen LogP contribution in [0.5, 0.6) is 0 Å². The molecule has 0 saturated heterocycles. The van der Waals surface area contributed by atoms with E-state index in [4.69, 9.17) is 5.26 Å². The molecule has 0 unspecified atom stereocenters. The van der Waals surface area contributed by atoms with E-state index in [2.05, 4.69) is 29.1 Å². The van der Waals surface area contributed by atoms with E-state index in [-0.39, 0.29) is 5.54 Å². The van der Waals surface area contributed by atoms with E-state index in [1.807, 2.05) is 23.7 Å². The van der Waals surface area contributed by atoms with Crippen LogP contribution in [0.3, 0.4) is 0 Å². The topological polar surface area (TPSA) is 61.6 Å². The smallest absolute Gasteiger partial charge is 0.140 e. The third-order valence-electron chi connectivity index (χ3n) is 2.64. The van der Waals surface area contributed by atoms with Crippen molar-refractivity contribution in [2.45, 2.75) is 25.9 Å². The van der Waals surface area contributed by atoms with Crippen molar-refractivity contribution in [1.29, 1.82) is 5.26 Å². The molecule has 0 aliphatic carbocycles. The lowest BCUT2D eigenvalue weighted by Crippen LogP contribution is -2.35. The molecule has 18 heavy (non-hydrogen) atoms. The first-order valence-electron chi connectivity index (χ1n) is 5.62. The highest BCUT2D eigenvalue weighted by molar-refractivity contribution is 7.09.